The maximum atomic E-state index is 14.1. The van der Waals surface area contributed by atoms with E-state index in [0.29, 0.717) is 33.3 Å². The number of halogens is 2. The molecule has 3 aromatic carbocycles. The predicted octanol–water partition coefficient (Wildman–Crippen LogP) is 5.62. The van der Waals surface area contributed by atoms with E-state index in [1.807, 2.05) is 44.2 Å². The standard InChI is InChI=1S/C30H35Cl2N3O4S/c1-5-22(3)33-30(37)28(17-23-11-7-6-8-12-23)34(19-24-13-9-10-14-26(24)32)29(36)20-35(40(4,38)39)27-18-25(31)16-15-21(27)2/h6-16,18,22,28H,5,17,19-20H2,1-4H3,(H,33,37)/t22-,28-/m0/s1. The second-order valence-electron chi connectivity index (χ2n) is 9.84. The quantitative estimate of drug-likeness (QED) is 0.291. The number of carbonyl (C=O) groups is 2. The molecule has 10 heteroatoms. The Kier molecular flexibility index (Phi) is 11.0. The third-order valence-electron chi connectivity index (χ3n) is 6.69. The molecule has 2 atom stereocenters. The molecule has 3 rings (SSSR count). The van der Waals surface area contributed by atoms with Crippen molar-refractivity contribution in [3.05, 3.63) is 99.5 Å². The third kappa shape index (κ3) is 8.46. The highest BCUT2D eigenvalue weighted by molar-refractivity contribution is 7.92. The molecule has 0 saturated heterocycles. The van der Waals surface area contributed by atoms with Crippen LogP contribution < -0.4 is 9.62 Å². The van der Waals surface area contributed by atoms with Crippen LogP contribution in [0.25, 0.3) is 0 Å². The van der Waals surface area contributed by atoms with Gasteiger partial charge in [-0.2, -0.15) is 0 Å². The van der Waals surface area contributed by atoms with Gasteiger partial charge in [0.2, 0.25) is 21.8 Å². The predicted molar refractivity (Wildman–Crippen MR) is 162 cm³/mol. The van der Waals surface area contributed by atoms with Crippen LogP contribution in [-0.2, 0) is 32.6 Å². The van der Waals surface area contributed by atoms with Crippen molar-refractivity contribution in [3.8, 4) is 0 Å². The van der Waals surface area contributed by atoms with Crippen molar-refractivity contribution < 1.29 is 18.0 Å². The Balaban J connectivity index is 2.10. The van der Waals surface area contributed by atoms with Crippen molar-refractivity contribution >= 4 is 50.7 Å². The van der Waals surface area contributed by atoms with Crippen LogP contribution >= 0.6 is 23.2 Å². The number of anilines is 1. The zero-order valence-corrected chi connectivity index (χ0v) is 25.4. The lowest BCUT2D eigenvalue weighted by molar-refractivity contribution is -0.140. The molecule has 3 aromatic rings. The molecule has 0 fully saturated rings. The number of carbonyl (C=O) groups excluding carboxylic acids is 2. The highest BCUT2D eigenvalue weighted by Crippen LogP contribution is 2.27. The molecular formula is C30H35Cl2N3O4S. The fraction of sp³-hybridized carbons (Fsp3) is 0.333. The van der Waals surface area contributed by atoms with Crippen LogP contribution in [0, 0.1) is 6.92 Å². The fourth-order valence-electron chi connectivity index (χ4n) is 4.25. The first-order chi connectivity index (χ1) is 18.9. The molecule has 0 aliphatic heterocycles. The Morgan fingerprint density at radius 3 is 2.25 bits per heavy atom. The summed E-state index contributed by atoms with van der Waals surface area (Å²) in [5, 5.41) is 3.78. The molecule has 7 nitrogen and oxygen atoms in total. The Bertz CT molecular complexity index is 1430. The van der Waals surface area contributed by atoms with E-state index in [9.17, 15) is 18.0 Å². The highest BCUT2D eigenvalue weighted by Gasteiger charge is 2.34. The molecular weight excluding hydrogens is 569 g/mol. The van der Waals surface area contributed by atoms with Crippen LogP contribution in [0.1, 0.15) is 37.0 Å². The molecule has 0 unspecified atom stereocenters. The van der Waals surface area contributed by atoms with Crippen LogP contribution in [0.2, 0.25) is 10.0 Å². The SMILES string of the molecule is CC[C@H](C)NC(=O)[C@H](Cc1ccccc1)N(Cc1ccccc1Cl)C(=O)CN(c1cc(Cl)ccc1C)S(C)(=O)=O. The van der Waals surface area contributed by atoms with Gasteiger partial charge in [0.05, 0.1) is 11.9 Å². The summed E-state index contributed by atoms with van der Waals surface area (Å²) in [7, 11) is -3.89. The van der Waals surface area contributed by atoms with Crippen LogP contribution in [0.3, 0.4) is 0 Å². The van der Waals surface area contributed by atoms with E-state index in [1.54, 1.807) is 43.3 Å². The summed E-state index contributed by atoms with van der Waals surface area (Å²) < 4.78 is 26.9. The number of hydrogen-bond acceptors (Lipinski definition) is 4. The van der Waals surface area contributed by atoms with E-state index >= 15 is 0 Å². The topological polar surface area (TPSA) is 86.8 Å². The van der Waals surface area contributed by atoms with Crippen molar-refractivity contribution in [3.63, 3.8) is 0 Å². The molecule has 1 N–H and O–H groups in total. The molecule has 0 aromatic heterocycles. The molecule has 0 aliphatic rings. The Morgan fingerprint density at radius 2 is 1.62 bits per heavy atom. The Labute approximate surface area is 247 Å². The monoisotopic (exact) mass is 603 g/mol. The molecule has 0 bridgehead atoms. The zero-order valence-electron chi connectivity index (χ0n) is 23.1. The number of benzene rings is 3. The summed E-state index contributed by atoms with van der Waals surface area (Å²) in [5.41, 5.74) is 2.42. The van der Waals surface area contributed by atoms with Crippen molar-refractivity contribution in [2.24, 2.45) is 0 Å². The largest absolute Gasteiger partial charge is 0.352 e. The summed E-state index contributed by atoms with van der Waals surface area (Å²) in [6, 6.07) is 20.3. The summed E-state index contributed by atoms with van der Waals surface area (Å²) in [4.78, 5) is 29.3. The molecule has 214 valence electrons. The van der Waals surface area contributed by atoms with Crippen LogP contribution in [0.5, 0.6) is 0 Å². The zero-order chi connectivity index (χ0) is 29.4. The summed E-state index contributed by atoms with van der Waals surface area (Å²) in [5.74, 6) is -0.881. The lowest BCUT2D eigenvalue weighted by Crippen LogP contribution is -2.54. The van der Waals surface area contributed by atoms with Gasteiger partial charge in [0, 0.05) is 29.1 Å². The van der Waals surface area contributed by atoms with E-state index < -0.39 is 28.5 Å². The number of sulfonamides is 1. The van der Waals surface area contributed by atoms with E-state index in [2.05, 4.69) is 5.32 Å². The second-order valence-corrected chi connectivity index (χ2v) is 12.6. The van der Waals surface area contributed by atoms with E-state index in [-0.39, 0.29) is 24.9 Å². The summed E-state index contributed by atoms with van der Waals surface area (Å²) in [6.07, 6.45) is 1.97. The maximum absolute atomic E-state index is 14.1. The van der Waals surface area contributed by atoms with Gasteiger partial charge in [-0.1, -0.05) is 84.7 Å². The second kappa shape index (κ2) is 14.0. The van der Waals surface area contributed by atoms with Crippen LogP contribution in [0.15, 0.2) is 72.8 Å². The summed E-state index contributed by atoms with van der Waals surface area (Å²) in [6.45, 7) is 5.09. The number of amides is 2. The average molecular weight is 605 g/mol. The molecule has 0 aliphatic carbocycles. The number of nitrogens with zero attached hydrogens (tertiary/aromatic N) is 2. The van der Waals surface area contributed by atoms with Crippen LogP contribution in [-0.4, -0.2) is 50.0 Å². The van der Waals surface area contributed by atoms with Crippen LogP contribution in [0.4, 0.5) is 5.69 Å². The first-order valence-corrected chi connectivity index (χ1v) is 15.6. The van der Waals surface area contributed by atoms with Gasteiger partial charge in [0.1, 0.15) is 12.6 Å². The molecule has 0 spiro atoms. The number of aryl methyl sites for hydroxylation is 1. The number of rotatable bonds is 12. The molecule has 2 amide bonds. The minimum atomic E-state index is -3.89. The lowest BCUT2D eigenvalue weighted by Gasteiger charge is -2.34. The van der Waals surface area contributed by atoms with Gasteiger partial charge in [-0.3, -0.25) is 13.9 Å². The minimum Gasteiger partial charge on any atom is -0.352 e. The fourth-order valence-corrected chi connectivity index (χ4v) is 5.51. The van der Waals surface area contributed by atoms with E-state index in [4.69, 9.17) is 23.2 Å². The van der Waals surface area contributed by atoms with Gasteiger partial charge in [0.25, 0.3) is 0 Å². The molecule has 0 radical (unpaired) electrons. The first kappa shape index (κ1) is 31.5. The Hall–Kier alpha value is -3.07. The molecule has 40 heavy (non-hydrogen) atoms. The molecule has 0 saturated carbocycles. The highest BCUT2D eigenvalue weighted by atomic mass is 35.5. The van der Waals surface area contributed by atoms with Crippen molar-refractivity contribution in [2.45, 2.75) is 52.2 Å². The maximum Gasteiger partial charge on any atom is 0.244 e. The van der Waals surface area contributed by atoms with E-state index in [0.717, 1.165) is 16.1 Å². The summed E-state index contributed by atoms with van der Waals surface area (Å²) >= 11 is 12.7. The van der Waals surface area contributed by atoms with Crippen molar-refractivity contribution in [1.82, 2.24) is 10.2 Å². The molecule has 0 heterocycles. The average Bonchev–Trinajstić information content (AvgIpc) is 2.91. The smallest absolute Gasteiger partial charge is 0.244 e. The normalized spacial score (nSPS) is 12.8. The third-order valence-corrected chi connectivity index (χ3v) is 8.42. The van der Waals surface area contributed by atoms with Crippen molar-refractivity contribution in [1.29, 1.82) is 0 Å². The number of hydrogen-bond donors (Lipinski definition) is 1. The van der Waals surface area contributed by atoms with E-state index in [1.165, 1.54) is 11.0 Å². The van der Waals surface area contributed by atoms with Gasteiger partial charge in [0.15, 0.2) is 0 Å². The van der Waals surface area contributed by atoms with Crippen molar-refractivity contribution in [2.75, 3.05) is 17.1 Å². The first-order valence-electron chi connectivity index (χ1n) is 13.0. The van der Waals surface area contributed by atoms with Gasteiger partial charge in [-0.05, 0) is 55.2 Å². The lowest BCUT2D eigenvalue weighted by atomic mass is 10.0. The van der Waals surface area contributed by atoms with Gasteiger partial charge < -0.3 is 10.2 Å². The van der Waals surface area contributed by atoms with Gasteiger partial charge in [-0.25, -0.2) is 8.42 Å². The van der Waals surface area contributed by atoms with Gasteiger partial charge in [-0.15, -0.1) is 0 Å². The Morgan fingerprint density at radius 1 is 0.975 bits per heavy atom. The minimum absolute atomic E-state index is 0.00998. The van der Waals surface area contributed by atoms with Gasteiger partial charge >= 0.3 is 0 Å². The number of nitrogens with one attached hydrogen (secondary N) is 1.